The standard InChI is InChI=1S/C29H51N9O7/c30-22(7-4-15-37-29(32)45)27(43)35-16-6-13-34-12-5-11-33-10-2-1-3-14-36-28(44)23(19-25(31)41)38-26(42)17-20-8-9-21(39)18-24(20)40/h8-9,18,22-23,33-34,39-40H,1-7,10-17,19,30H2,(H2,31,41)(H,35,43)(H,36,44)(H,38,42)(H3,32,37,45)/t22-,23-/m0/s1. The Hall–Kier alpha value is -4.15. The highest BCUT2D eigenvalue weighted by atomic mass is 16.3. The summed E-state index contributed by atoms with van der Waals surface area (Å²) in [4.78, 5) is 58.9. The summed E-state index contributed by atoms with van der Waals surface area (Å²) < 4.78 is 0. The van der Waals surface area contributed by atoms with Crippen molar-refractivity contribution in [2.45, 2.75) is 69.9 Å². The number of nitrogens with two attached hydrogens (primary N) is 3. The lowest BCUT2D eigenvalue weighted by atomic mass is 10.1. The van der Waals surface area contributed by atoms with Crippen molar-refractivity contribution in [2.24, 2.45) is 17.2 Å². The molecule has 0 bridgehead atoms. The second-order valence-corrected chi connectivity index (χ2v) is 10.7. The van der Waals surface area contributed by atoms with Crippen LogP contribution in [-0.2, 0) is 25.6 Å². The fourth-order valence-electron chi connectivity index (χ4n) is 4.23. The second-order valence-electron chi connectivity index (χ2n) is 10.7. The van der Waals surface area contributed by atoms with Gasteiger partial charge in [-0.25, -0.2) is 4.79 Å². The van der Waals surface area contributed by atoms with Gasteiger partial charge < -0.3 is 59.3 Å². The number of phenolic OH excluding ortho intramolecular Hbond substituents is 2. The summed E-state index contributed by atoms with van der Waals surface area (Å²) in [6.45, 7) is 4.62. The number of urea groups is 1. The van der Waals surface area contributed by atoms with E-state index < -0.39 is 35.8 Å². The average Bonchev–Trinajstić information content (AvgIpc) is 2.97. The fraction of sp³-hybridized carbons (Fsp3) is 0.621. The van der Waals surface area contributed by atoms with Gasteiger partial charge in [-0.15, -0.1) is 0 Å². The first-order valence-electron chi connectivity index (χ1n) is 15.3. The Morgan fingerprint density at radius 1 is 0.711 bits per heavy atom. The van der Waals surface area contributed by atoms with Gasteiger partial charge in [0, 0.05) is 31.3 Å². The van der Waals surface area contributed by atoms with Gasteiger partial charge in [0.25, 0.3) is 0 Å². The molecule has 0 spiro atoms. The normalized spacial score (nSPS) is 12.1. The summed E-state index contributed by atoms with van der Waals surface area (Å²) in [6.07, 6.45) is 4.69. The molecule has 0 aliphatic rings. The summed E-state index contributed by atoms with van der Waals surface area (Å²) in [5.41, 5.74) is 16.3. The number of phenols is 2. The van der Waals surface area contributed by atoms with Gasteiger partial charge in [-0.3, -0.25) is 19.2 Å². The van der Waals surface area contributed by atoms with Gasteiger partial charge in [0.05, 0.1) is 18.9 Å². The van der Waals surface area contributed by atoms with E-state index in [2.05, 4.69) is 31.9 Å². The Morgan fingerprint density at radius 2 is 1.29 bits per heavy atom. The van der Waals surface area contributed by atoms with Crippen LogP contribution in [0.1, 0.15) is 56.9 Å². The lowest BCUT2D eigenvalue weighted by molar-refractivity contribution is -0.131. The lowest BCUT2D eigenvalue weighted by Gasteiger charge is -2.17. The van der Waals surface area contributed by atoms with Gasteiger partial charge in [0.15, 0.2) is 0 Å². The molecule has 45 heavy (non-hydrogen) atoms. The van der Waals surface area contributed by atoms with Crippen LogP contribution < -0.4 is 49.1 Å². The number of benzene rings is 1. The number of hydrogen-bond acceptors (Lipinski definition) is 10. The zero-order valence-corrected chi connectivity index (χ0v) is 25.9. The summed E-state index contributed by atoms with van der Waals surface area (Å²) in [7, 11) is 0. The highest BCUT2D eigenvalue weighted by molar-refractivity contribution is 5.92. The van der Waals surface area contributed by atoms with Gasteiger partial charge >= 0.3 is 6.03 Å². The number of unbranched alkanes of at least 4 members (excludes halogenated alkanes) is 2. The van der Waals surface area contributed by atoms with Gasteiger partial charge in [0.1, 0.15) is 17.5 Å². The van der Waals surface area contributed by atoms with Crippen molar-refractivity contribution in [3.05, 3.63) is 23.8 Å². The molecule has 1 aromatic carbocycles. The molecule has 0 unspecified atom stereocenters. The van der Waals surface area contributed by atoms with Crippen LogP contribution in [0.2, 0.25) is 0 Å². The summed E-state index contributed by atoms with van der Waals surface area (Å²) >= 11 is 0. The highest BCUT2D eigenvalue weighted by Crippen LogP contribution is 2.22. The van der Waals surface area contributed by atoms with E-state index in [-0.39, 0.29) is 35.8 Å². The molecule has 1 rings (SSSR count). The van der Waals surface area contributed by atoms with E-state index in [1.807, 2.05) is 0 Å². The van der Waals surface area contributed by atoms with Crippen LogP contribution in [0, 0.1) is 0 Å². The van der Waals surface area contributed by atoms with Crippen LogP contribution in [0.4, 0.5) is 4.79 Å². The first-order valence-corrected chi connectivity index (χ1v) is 15.3. The Bertz CT molecular complexity index is 1070. The smallest absolute Gasteiger partial charge is 0.312 e. The monoisotopic (exact) mass is 637 g/mol. The van der Waals surface area contributed by atoms with E-state index in [0.29, 0.717) is 32.5 Å². The second kappa shape index (κ2) is 23.3. The topological polar surface area (TPSA) is 276 Å². The number of hydrogen-bond donors (Lipinski definition) is 11. The maximum atomic E-state index is 12.5. The van der Waals surface area contributed by atoms with Crippen LogP contribution in [0.15, 0.2) is 18.2 Å². The molecule has 2 atom stereocenters. The van der Waals surface area contributed by atoms with E-state index in [1.54, 1.807) is 0 Å². The maximum Gasteiger partial charge on any atom is 0.312 e. The van der Waals surface area contributed by atoms with Crippen molar-refractivity contribution in [1.29, 1.82) is 0 Å². The zero-order valence-electron chi connectivity index (χ0n) is 25.9. The van der Waals surface area contributed by atoms with E-state index in [9.17, 15) is 34.2 Å². The Labute approximate surface area is 264 Å². The van der Waals surface area contributed by atoms with Gasteiger partial charge in [-0.05, 0) is 70.8 Å². The van der Waals surface area contributed by atoms with Crippen molar-refractivity contribution in [3.63, 3.8) is 0 Å². The third kappa shape index (κ3) is 19.7. The largest absolute Gasteiger partial charge is 0.508 e. The number of rotatable bonds is 25. The molecule has 1 aromatic rings. The molecule has 0 radical (unpaired) electrons. The summed E-state index contributed by atoms with van der Waals surface area (Å²) in [6, 6.07) is 1.49. The number of amides is 6. The third-order valence-electron chi connectivity index (χ3n) is 6.67. The molecule has 0 saturated heterocycles. The van der Waals surface area contributed by atoms with Crippen LogP contribution in [0.5, 0.6) is 11.5 Å². The number of aromatic hydroxyl groups is 2. The molecule has 0 aliphatic heterocycles. The quantitative estimate of drug-likeness (QED) is 0.0532. The highest BCUT2D eigenvalue weighted by Gasteiger charge is 2.23. The molecule has 16 nitrogen and oxygen atoms in total. The molecule has 0 saturated carbocycles. The van der Waals surface area contributed by atoms with Crippen LogP contribution >= 0.6 is 0 Å². The van der Waals surface area contributed by atoms with Crippen LogP contribution in [-0.4, -0.2) is 97.8 Å². The van der Waals surface area contributed by atoms with Crippen molar-refractivity contribution in [1.82, 2.24) is 31.9 Å². The van der Waals surface area contributed by atoms with E-state index in [0.717, 1.165) is 64.3 Å². The van der Waals surface area contributed by atoms with Crippen LogP contribution in [0.25, 0.3) is 0 Å². The number of carbonyl (C=O) groups excluding carboxylic acids is 5. The van der Waals surface area contributed by atoms with Gasteiger partial charge in [-0.2, -0.15) is 0 Å². The average molecular weight is 638 g/mol. The fourth-order valence-corrected chi connectivity index (χ4v) is 4.23. The van der Waals surface area contributed by atoms with Crippen molar-refractivity contribution < 1.29 is 34.2 Å². The molecular formula is C29H51N9O7. The molecule has 0 heterocycles. The SMILES string of the molecule is NC(=O)C[C@H](NC(=O)Cc1ccc(O)cc1O)C(=O)NCCCCCNCCCNCCCNC(=O)[C@@H](N)CCCNC(N)=O. The van der Waals surface area contributed by atoms with Crippen molar-refractivity contribution >= 4 is 29.7 Å². The molecular weight excluding hydrogens is 586 g/mol. The molecule has 16 heteroatoms. The Balaban J connectivity index is 2.05. The van der Waals surface area contributed by atoms with E-state index >= 15 is 0 Å². The minimum atomic E-state index is -1.13. The molecule has 0 aliphatic carbocycles. The van der Waals surface area contributed by atoms with E-state index in [4.69, 9.17) is 17.2 Å². The van der Waals surface area contributed by atoms with Crippen LogP contribution in [0.3, 0.4) is 0 Å². The number of carbonyl (C=O) groups is 5. The first-order chi connectivity index (χ1) is 21.5. The molecule has 6 amide bonds. The predicted octanol–water partition coefficient (Wildman–Crippen LogP) is -1.86. The van der Waals surface area contributed by atoms with Crippen molar-refractivity contribution in [3.8, 4) is 11.5 Å². The zero-order chi connectivity index (χ0) is 33.5. The lowest BCUT2D eigenvalue weighted by Crippen LogP contribution is -2.49. The van der Waals surface area contributed by atoms with E-state index in [1.165, 1.54) is 12.1 Å². The minimum Gasteiger partial charge on any atom is -0.508 e. The van der Waals surface area contributed by atoms with Gasteiger partial charge in [-0.1, -0.05) is 12.5 Å². The maximum absolute atomic E-state index is 12.5. The number of nitrogens with one attached hydrogen (secondary N) is 6. The Morgan fingerprint density at radius 3 is 1.93 bits per heavy atom. The summed E-state index contributed by atoms with van der Waals surface area (Å²) in [5, 5.41) is 36.4. The summed E-state index contributed by atoms with van der Waals surface area (Å²) in [5.74, 6) is -2.43. The predicted molar refractivity (Wildman–Crippen MR) is 169 cm³/mol. The van der Waals surface area contributed by atoms with Gasteiger partial charge in [0.2, 0.25) is 23.6 Å². The first kappa shape index (κ1) is 38.9. The molecule has 254 valence electrons. The Kier molecular flexibility index (Phi) is 20.1. The molecule has 14 N–H and O–H groups in total. The number of primary amides is 2. The van der Waals surface area contributed by atoms with Crippen molar-refractivity contribution in [2.75, 3.05) is 45.8 Å². The molecule has 0 aromatic heterocycles. The molecule has 0 fully saturated rings. The minimum absolute atomic E-state index is 0.146. The third-order valence-corrected chi connectivity index (χ3v) is 6.67.